The van der Waals surface area contributed by atoms with Crippen molar-refractivity contribution in [3.05, 3.63) is 57.6 Å². The molecule has 1 aliphatic rings. The highest BCUT2D eigenvalue weighted by Crippen LogP contribution is 2.40. The molecule has 1 atom stereocenters. The molecule has 0 fully saturated rings. The van der Waals surface area contributed by atoms with Crippen molar-refractivity contribution in [3.63, 3.8) is 0 Å². The van der Waals surface area contributed by atoms with Crippen LogP contribution >= 0.6 is 11.6 Å². The SMILES string of the molecule is CCNC1CCc2c(-c3cc(C)c(C)cc3Cl)cccc21. The third-order valence-corrected chi connectivity index (χ3v) is 4.91. The number of nitrogens with one attached hydrogen (secondary N) is 1. The van der Waals surface area contributed by atoms with Crippen LogP contribution in [0, 0.1) is 13.8 Å². The van der Waals surface area contributed by atoms with Gasteiger partial charge in [-0.2, -0.15) is 0 Å². The molecule has 2 heteroatoms. The minimum absolute atomic E-state index is 0.496. The van der Waals surface area contributed by atoms with Gasteiger partial charge in [0.2, 0.25) is 0 Å². The molecule has 0 amide bonds. The maximum atomic E-state index is 6.52. The van der Waals surface area contributed by atoms with E-state index in [4.69, 9.17) is 11.6 Å². The summed E-state index contributed by atoms with van der Waals surface area (Å²) in [5.74, 6) is 0. The molecule has 2 aromatic carbocycles. The molecule has 0 radical (unpaired) electrons. The number of aryl methyl sites for hydroxylation is 2. The molecule has 3 rings (SSSR count). The summed E-state index contributed by atoms with van der Waals surface area (Å²) in [5, 5.41) is 4.44. The largest absolute Gasteiger partial charge is 0.310 e. The lowest BCUT2D eigenvalue weighted by molar-refractivity contribution is 0.549. The average molecular weight is 300 g/mol. The molecule has 0 aliphatic heterocycles. The van der Waals surface area contributed by atoms with Gasteiger partial charge in [0, 0.05) is 16.6 Å². The van der Waals surface area contributed by atoms with Gasteiger partial charge in [0.05, 0.1) is 0 Å². The first-order valence-corrected chi connectivity index (χ1v) is 8.12. The van der Waals surface area contributed by atoms with Crippen LogP contribution in [-0.2, 0) is 6.42 Å². The fourth-order valence-electron chi connectivity index (χ4n) is 3.35. The minimum atomic E-state index is 0.496. The molecule has 0 saturated heterocycles. The van der Waals surface area contributed by atoms with Gasteiger partial charge in [0.1, 0.15) is 0 Å². The zero-order valence-corrected chi connectivity index (χ0v) is 13.7. The van der Waals surface area contributed by atoms with Crippen molar-refractivity contribution in [1.82, 2.24) is 5.32 Å². The summed E-state index contributed by atoms with van der Waals surface area (Å²) in [6, 6.07) is 11.4. The second kappa shape index (κ2) is 5.82. The van der Waals surface area contributed by atoms with Gasteiger partial charge in [-0.05, 0) is 73.2 Å². The van der Waals surface area contributed by atoms with Crippen LogP contribution in [0.3, 0.4) is 0 Å². The maximum Gasteiger partial charge on any atom is 0.0487 e. The van der Waals surface area contributed by atoms with E-state index in [1.165, 1.54) is 39.8 Å². The lowest BCUT2D eigenvalue weighted by Gasteiger charge is -2.15. The second-order valence-corrected chi connectivity index (χ2v) is 6.35. The first-order chi connectivity index (χ1) is 10.1. The van der Waals surface area contributed by atoms with Gasteiger partial charge in [0.15, 0.2) is 0 Å². The standard InChI is InChI=1S/C19H22ClN/c1-4-21-19-9-8-15-14(6-5-7-16(15)19)17-10-12(2)13(3)11-18(17)20/h5-7,10-11,19,21H,4,8-9H2,1-3H3. The molecule has 110 valence electrons. The first kappa shape index (κ1) is 14.6. The summed E-state index contributed by atoms with van der Waals surface area (Å²) in [6.07, 6.45) is 2.31. The zero-order valence-electron chi connectivity index (χ0n) is 13.0. The Kier molecular flexibility index (Phi) is 4.05. The Labute approximate surface area is 132 Å². The summed E-state index contributed by atoms with van der Waals surface area (Å²) in [5.41, 5.74) is 7.95. The summed E-state index contributed by atoms with van der Waals surface area (Å²) in [7, 11) is 0. The van der Waals surface area contributed by atoms with Gasteiger partial charge >= 0.3 is 0 Å². The van der Waals surface area contributed by atoms with Crippen LogP contribution < -0.4 is 5.32 Å². The Hall–Kier alpha value is -1.31. The van der Waals surface area contributed by atoms with Crippen LogP contribution in [0.25, 0.3) is 11.1 Å². The molecule has 0 spiro atoms. The van der Waals surface area contributed by atoms with Gasteiger partial charge in [-0.3, -0.25) is 0 Å². The smallest absolute Gasteiger partial charge is 0.0487 e. The van der Waals surface area contributed by atoms with Crippen LogP contribution in [0.2, 0.25) is 5.02 Å². The van der Waals surface area contributed by atoms with Crippen molar-refractivity contribution in [2.24, 2.45) is 0 Å². The van der Waals surface area contributed by atoms with E-state index in [1.54, 1.807) is 0 Å². The number of fused-ring (bicyclic) bond motifs is 1. The van der Waals surface area contributed by atoms with Crippen molar-refractivity contribution < 1.29 is 0 Å². The Morgan fingerprint density at radius 2 is 1.90 bits per heavy atom. The van der Waals surface area contributed by atoms with Crippen LogP contribution in [0.5, 0.6) is 0 Å². The van der Waals surface area contributed by atoms with Crippen molar-refractivity contribution in [1.29, 1.82) is 0 Å². The lowest BCUT2D eigenvalue weighted by Crippen LogP contribution is -2.18. The molecular formula is C19H22ClN. The summed E-state index contributed by atoms with van der Waals surface area (Å²) in [6.45, 7) is 7.45. The highest BCUT2D eigenvalue weighted by atomic mass is 35.5. The van der Waals surface area contributed by atoms with Crippen molar-refractivity contribution in [2.75, 3.05) is 6.54 Å². The molecule has 0 heterocycles. The molecule has 0 aromatic heterocycles. The summed E-state index contributed by atoms with van der Waals surface area (Å²) in [4.78, 5) is 0. The summed E-state index contributed by atoms with van der Waals surface area (Å²) >= 11 is 6.52. The lowest BCUT2D eigenvalue weighted by atomic mass is 9.94. The molecule has 1 nitrogen and oxygen atoms in total. The van der Waals surface area contributed by atoms with E-state index in [-0.39, 0.29) is 0 Å². The number of hydrogen-bond donors (Lipinski definition) is 1. The predicted octanol–water partition coefficient (Wildman–Crippen LogP) is 5.22. The van der Waals surface area contributed by atoms with E-state index in [9.17, 15) is 0 Å². The molecule has 1 aliphatic carbocycles. The van der Waals surface area contributed by atoms with E-state index >= 15 is 0 Å². The fraction of sp³-hybridized carbons (Fsp3) is 0.368. The zero-order chi connectivity index (χ0) is 15.0. The van der Waals surface area contributed by atoms with Crippen LogP contribution in [-0.4, -0.2) is 6.54 Å². The van der Waals surface area contributed by atoms with Gasteiger partial charge in [-0.15, -0.1) is 0 Å². The Bertz CT molecular complexity index is 676. The van der Waals surface area contributed by atoms with E-state index in [0.29, 0.717) is 6.04 Å². The Morgan fingerprint density at radius 3 is 2.67 bits per heavy atom. The number of benzene rings is 2. The molecule has 1 unspecified atom stereocenters. The predicted molar refractivity (Wildman–Crippen MR) is 91.1 cm³/mol. The highest BCUT2D eigenvalue weighted by Gasteiger charge is 2.24. The maximum absolute atomic E-state index is 6.52. The third-order valence-electron chi connectivity index (χ3n) is 4.59. The van der Waals surface area contributed by atoms with Gasteiger partial charge in [0.25, 0.3) is 0 Å². The van der Waals surface area contributed by atoms with Crippen LogP contribution in [0.1, 0.15) is 41.6 Å². The van der Waals surface area contributed by atoms with E-state index in [0.717, 1.165) is 18.0 Å². The molecule has 2 aromatic rings. The Balaban J connectivity index is 2.11. The summed E-state index contributed by atoms with van der Waals surface area (Å²) < 4.78 is 0. The number of halogens is 1. The van der Waals surface area contributed by atoms with E-state index in [2.05, 4.69) is 56.4 Å². The highest BCUT2D eigenvalue weighted by molar-refractivity contribution is 6.33. The Morgan fingerprint density at radius 1 is 1.14 bits per heavy atom. The van der Waals surface area contributed by atoms with Gasteiger partial charge in [-0.25, -0.2) is 0 Å². The fourth-order valence-corrected chi connectivity index (χ4v) is 3.67. The van der Waals surface area contributed by atoms with Gasteiger partial charge < -0.3 is 5.32 Å². The van der Waals surface area contributed by atoms with Crippen LogP contribution in [0.4, 0.5) is 0 Å². The monoisotopic (exact) mass is 299 g/mol. The molecule has 1 N–H and O–H groups in total. The normalized spacial score (nSPS) is 17.0. The minimum Gasteiger partial charge on any atom is -0.310 e. The van der Waals surface area contributed by atoms with Crippen molar-refractivity contribution in [2.45, 2.75) is 39.7 Å². The first-order valence-electron chi connectivity index (χ1n) is 7.74. The van der Waals surface area contributed by atoms with Crippen molar-refractivity contribution >= 4 is 11.6 Å². The quantitative estimate of drug-likeness (QED) is 0.819. The average Bonchev–Trinajstić information content (AvgIpc) is 2.87. The topological polar surface area (TPSA) is 12.0 Å². The second-order valence-electron chi connectivity index (χ2n) is 5.94. The molecule has 21 heavy (non-hydrogen) atoms. The number of rotatable bonds is 3. The van der Waals surface area contributed by atoms with Crippen molar-refractivity contribution in [3.8, 4) is 11.1 Å². The molecular weight excluding hydrogens is 278 g/mol. The van der Waals surface area contributed by atoms with E-state index < -0.39 is 0 Å². The van der Waals surface area contributed by atoms with Gasteiger partial charge in [-0.1, -0.05) is 36.7 Å². The third kappa shape index (κ3) is 2.61. The molecule has 0 saturated carbocycles. The number of hydrogen-bond acceptors (Lipinski definition) is 1. The van der Waals surface area contributed by atoms with E-state index in [1.807, 2.05) is 0 Å². The van der Waals surface area contributed by atoms with Crippen LogP contribution in [0.15, 0.2) is 30.3 Å². The molecule has 0 bridgehead atoms.